The molecule has 3 aromatic rings. The lowest BCUT2D eigenvalue weighted by atomic mass is 9.95. The maximum atomic E-state index is 4.68. The quantitative estimate of drug-likeness (QED) is 0.161. The fraction of sp³-hybridized carbons (Fsp3) is 0.241. The topological polar surface area (TPSA) is 25.8 Å². The van der Waals surface area contributed by atoms with Gasteiger partial charge in [-0.2, -0.15) is 0 Å². The van der Waals surface area contributed by atoms with Crippen molar-refractivity contribution >= 4 is 33.0 Å². The van der Waals surface area contributed by atoms with Gasteiger partial charge in [0, 0.05) is 23.2 Å². The van der Waals surface area contributed by atoms with Crippen molar-refractivity contribution in [2.75, 3.05) is 0 Å². The van der Waals surface area contributed by atoms with Crippen LogP contribution in [0.4, 0.5) is 0 Å². The Bertz CT molecular complexity index is 1130. The summed E-state index contributed by atoms with van der Waals surface area (Å²) in [5, 5.41) is 2.20. The number of rotatable bonds is 8. The highest BCUT2D eigenvalue weighted by Gasteiger charge is 2.12. The lowest BCUT2D eigenvalue weighted by Gasteiger charge is -2.12. The van der Waals surface area contributed by atoms with Gasteiger partial charge in [-0.1, -0.05) is 75.6 Å². The van der Waals surface area contributed by atoms with Crippen molar-refractivity contribution in [2.45, 2.75) is 47.0 Å². The molecule has 0 aliphatic heterocycles. The lowest BCUT2D eigenvalue weighted by Crippen LogP contribution is -1.93. The molecule has 0 bridgehead atoms. The van der Waals surface area contributed by atoms with Crippen molar-refractivity contribution in [2.24, 2.45) is 0 Å². The molecule has 0 atom stereocenters. The van der Waals surface area contributed by atoms with E-state index in [0.29, 0.717) is 0 Å². The van der Waals surface area contributed by atoms with E-state index in [9.17, 15) is 0 Å². The molecule has 2 nitrogen and oxygen atoms in total. The van der Waals surface area contributed by atoms with Crippen molar-refractivity contribution in [1.29, 1.82) is 0 Å². The first-order chi connectivity index (χ1) is 15.2. The van der Waals surface area contributed by atoms with Gasteiger partial charge in [0.05, 0.1) is 11.0 Å². The van der Waals surface area contributed by atoms with E-state index in [1.165, 1.54) is 5.56 Å². The summed E-state index contributed by atoms with van der Waals surface area (Å²) in [5.74, 6) is 0. The molecule has 31 heavy (non-hydrogen) atoms. The molecule has 2 heterocycles. The van der Waals surface area contributed by atoms with Gasteiger partial charge in [-0.05, 0) is 67.5 Å². The van der Waals surface area contributed by atoms with E-state index in [-0.39, 0.29) is 0 Å². The average Bonchev–Trinajstić information content (AvgIpc) is 2.82. The van der Waals surface area contributed by atoms with Crippen LogP contribution in [0.2, 0.25) is 0 Å². The van der Waals surface area contributed by atoms with Gasteiger partial charge in [0.25, 0.3) is 0 Å². The van der Waals surface area contributed by atoms with E-state index >= 15 is 0 Å². The van der Waals surface area contributed by atoms with Crippen LogP contribution >= 0.6 is 0 Å². The van der Waals surface area contributed by atoms with Gasteiger partial charge >= 0.3 is 0 Å². The Morgan fingerprint density at radius 1 is 0.903 bits per heavy atom. The summed E-state index contributed by atoms with van der Waals surface area (Å²) in [6, 6.07) is 8.43. The Morgan fingerprint density at radius 2 is 1.52 bits per heavy atom. The third kappa shape index (κ3) is 5.67. The fourth-order valence-electron chi connectivity index (χ4n) is 3.66. The van der Waals surface area contributed by atoms with Crippen molar-refractivity contribution < 1.29 is 0 Å². The van der Waals surface area contributed by atoms with Crippen molar-refractivity contribution in [3.05, 3.63) is 97.4 Å². The molecular formula is C29H34N2. The molecule has 0 radical (unpaired) electrons. The number of fused-ring (bicyclic) bond motifs is 3. The van der Waals surface area contributed by atoms with Gasteiger partial charge in [0.1, 0.15) is 0 Å². The standard InChI is InChI=1S/C27H28N2.C2H6/c1-5-8-9-10-13-20(4)22-16-18-28-26-24(22)14-15-25-23(17-19-29-27(25)26)21(11-6-2)12-7-3;1-2/h5-8,11-12,14-19H,2,4,9-10,13H2,1,3H3;1-2H3/b8-5-,12-7-,21-11+;. The highest BCUT2D eigenvalue weighted by atomic mass is 14.7. The SMILES string of the molecule is C=C/C=C(\C=C/C)c1ccnc2c1ccc1c(C(=C)CCC/C=C\C)ccnc12.CC. The molecular weight excluding hydrogens is 376 g/mol. The highest BCUT2D eigenvalue weighted by Crippen LogP contribution is 2.33. The highest BCUT2D eigenvalue weighted by molar-refractivity contribution is 6.09. The Hall–Kier alpha value is -3.26. The molecule has 2 aromatic heterocycles. The van der Waals surface area contributed by atoms with Gasteiger partial charge in [-0.3, -0.25) is 9.97 Å². The van der Waals surface area contributed by atoms with Crippen LogP contribution in [-0.2, 0) is 0 Å². The van der Waals surface area contributed by atoms with E-state index in [1.807, 2.05) is 57.5 Å². The van der Waals surface area contributed by atoms with Crippen molar-refractivity contribution in [3.8, 4) is 0 Å². The van der Waals surface area contributed by atoms with Crippen LogP contribution in [0.25, 0.3) is 33.0 Å². The zero-order valence-corrected chi connectivity index (χ0v) is 19.4. The first-order valence-corrected chi connectivity index (χ1v) is 11.1. The van der Waals surface area contributed by atoms with Crippen LogP contribution in [0.15, 0.2) is 86.3 Å². The predicted octanol–water partition coefficient (Wildman–Crippen LogP) is 8.71. The Morgan fingerprint density at radius 3 is 2.10 bits per heavy atom. The molecule has 0 amide bonds. The number of pyridine rings is 2. The summed E-state index contributed by atoms with van der Waals surface area (Å²) >= 11 is 0. The summed E-state index contributed by atoms with van der Waals surface area (Å²) in [4.78, 5) is 9.36. The maximum absolute atomic E-state index is 4.68. The Kier molecular flexibility index (Phi) is 9.64. The summed E-state index contributed by atoms with van der Waals surface area (Å²) in [5.41, 5.74) is 6.41. The first-order valence-electron chi connectivity index (χ1n) is 11.1. The molecule has 3 rings (SSSR count). The van der Waals surface area contributed by atoms with Gasteiger partial charge in [-0.15, -0.1) is 0 Å². The average molecular weight is 411 g/mol. The van der Waals surface area contributed by atoms with E-state index < -0.39 is 0 Å². The minimum atomic E-state index is 0.919. The molecule has 0 fully saturated rings. The zero-order chi connectivity index (χ0) is 22.6. The number of unbranched alkanes of at least 4 members (excludes halogenated alkanes) is 1. The second kappa shape index (κ2) is 12.4. The Labute approximate surface area is 187 Å². The molecule has 160 valence electrons. The first kappa shape index (κ1) is 24.0. The molecule has 0 unspecified atom stereocenters. The number of nitrogens with zero attached hydrogens (tertiary/aromatic N) is 2. The van der Waals surface area contributed by atoms with Crippen molar-refractivity contribution in [3.63, 3.8) is 0 Å². The number of benzene rings is 1. The zero-order valence-electron chi connectivity index (χ0n) is 19.4. The van der Waals surface area contributed by atoms with Gasteiger partial charge in [0.2, 0.25) is 0 Å². The van der Waals surface area contributed by atoms with E-state index in [4.69, 9.17) is 0 Å². The molecule has 0 saturated carbocycles. The van der Waals surface area contributed by atoms with Crippen LogP contribution in [0, 0.1) is 0 Å². The van der Waals surface area contributed by atoms with Crippen LogP contribution < -0.4 is 0 Å². The monoisotopic (exact) mass is 410 g/mol. The molecule has 0 aliphatic carbocycles. The molecule has 1 aromatic carbocycles. The number of hydrogen-bond donors (Lipinski definition) is 0. The normalized spacial score (nSPS) is 11.8. The van der Waals surface area contributed by atoms with E-state index in [0.717, 1.165) is 57.8 Å². The van der Waals surface area contributed by atoms with Gasteiger partial charge < -0.3 is 0 Å². The maximum Gasteiger partial charge on any atom is 0.0970 e. The number of aromatic nitrogens is 2. The second-order valence-corrected chi connectivity index (χ2v) is 7.00. The fourth-order valence-corrected chi connectivity index (χ4v) is 3.66. The predicted molar refractivity (Wildman–Crippen MR) is 139 cm³/mol. The smallest absolute Gasteiger partial charge is 0.0970 e. The largest absolute Gasteiger partial charge is 0.254 e. The summed E-state index contributed by atoms with van der Waals surface area (Å²) in [6.45, 7) is 16.3. The third-order valence-corrected chi connectivity index (χ3v) is 5.04. The molecule has 0 aliphatic rings. The van der Waals surface area contributed by atoms with E-state index in [1.54, 1.807) is 0 Å². The van der Waals surface area contributed by atoms with Crippen molar-refractivity contribution in [1.82, 2.24) is 9.97 Å². The lowest BCUT2D eigenvalue weighted by molar-refractivity contribution is 0.880. The number of hydrogen-bond acceptors (Lipinski definition) is 2. The van der Waals surface area contributed by atoms with Gasteiger partial charge in [-0.25, -0.2) is 0 Å². The van der Waals surface area contributed by atoms with Gasteiger partial charge in [0.15, 0.2) is 0 Å². The van der Waals surface area contributed by atoms with E-state index in [2.05, 4.69) is 66.5 Å². The van der Waals surface area contributed by atoms with Crippen LogP contribution in [0.1, 0.15) is 58.1 Å². The summed E-state index contributed by atoms with van der Waals surface area (Å²) in [6.07, 6.45) is 19.2. The molecule has 2 heteroatoms. The minimum absolute atomic E-state index is 0.919. The summed E-state index contributed by atoms with van der Waals surface area (Å²) in [7, 11) is 0. The number of allylic oxidation sites excluding steroid dienone is 8. The third-order valence-electron chi connectivity index (χ3n) is 5.04. The second-order valence-electron chi connectivity index (χ2n) is 7.00. The van der Waals surface area contributed by atoms with Crippen LogP contribution in [0.5, 0.6) is 0 Å². The molecule has 0 saturated heterocycles. The summed E-state index contributed by atoms with van der Waals surface area (Å²) < 4.78 is 0. The van der Waals surface area contributed by atoms with Crippen LogP contribution in [-0.4, -0.2) is 9.97 Å². The molecule has 0 spiro atoms. The Balaban J connectivity index is 0.00000166. The molecule has 0 N–H and O–H groups in total. The minimum Gasteiger partial charge on any atom is -0.254 e. The van der Waals surface area contributed by atoms with Crippen LogP contribution in [0.3, 0.4) is 0 Å².